The number of benzene rings is 2. The van der Waals surface area contributed by atoms with E-state index in [1.54, 1.807) is 6.07 Å². The molecule has 0 radical (unpaired) electrons. The number of aldehydes is 1. The first-order chi connectivity index (χ1) is 14.6. The van der Waals surface area contributed by atoms with Gasteiger partial charge < -0.3 is 10.2 Å². The minimum atomic E-state index is -4.64. The van der Waals surface area contributed by atoms with Gasteiger partial charge in [-0.05, 0) is 54.4 Å². The van der Waals surface area contributed by atoms with Crippen molar-refractivity contribution in [3.63, 3.8) is 0 Å². The summed E-state index contributed by atoms with van der Waals surface area (Å²) < 4.78 is 31.2. The van der Waals surface area contributed by atoms with Gasteiger partial charge in [-0.2, -0.15) is 13.2 Å². The van der Waals surface area contributed by atoms with Crippen LogP contribution in [0.4, 0.5) is 13.2 Å². The molecule has 2 aromatic rings. The maximum absolute atomic E-state index is 12.1. The second kappa shape index (κ2) is 11.0. The molecule has 168 valence electrons. The van der Waals surface area contributed by atoms with E-state index in [-0.39, 0.29) is 11.8 Å². The zero-order valence-electron chi connectivity index (χ0n) is 17.1. The number of hydrogen-bond acceptors (Lipinski definition) is 3. The number of rotatable bonds is 4. The predicted octanol–water partition coefficient (Wildman–Crippen LogP) is 5.46. The molecule has 3 rings (SSSR count). The Hall–Kier alpha value is -2.09. The third-order valence-electron chi connectivity index (χ3n) is 4.74. The molecule has 9 heteroatoms. The molecule has 1 atom stereocenters. The molecule has 0 aromatic heterocycles. The fourth-order valence-electron chi connectivity index (χ4n) is 3.34. The Kier molecular flexibility index (Phi) is 8.91. The zero-order valence-corrected chi connectivity index (χ0v) is 18.6. The smallest absolute Gasteiger partial charge is 0.352 e. The molecule has 1 aliphatic heterocycles. The number of hydrogen-bond donors (Lipinski definition) is 1. The number of amides is 1. The minimum absolute atomic E-state index is 0.0272. The lowest BCUT2D eigenvalue weighted by atomic mass is 9.84. The van der Waals surface area contributed by atoms with Crippen LogP contribution in [0.5, 0.6) is 0 Å². The fourth-order valence-corrected chi connectivity index (χ4v) is 3.91. The van der Waals surface area contributed by atoms with E-state index in [1.807, 2.05) is 37.3 Å². The Morgan fingerprint density at radius 1 is 1.23 bits per heavy atom. The van der Waals surface area contributed by atoms with E-state index in [1.165, 1.54) is 5.56 Å². The highest BCUT2D eigenvalue weighted by molar-refractivity contribution is 6.35. The van der Waals surface area contributed by atoms with Crippen molar-refractivity contribution in [1.82, 2.24) is 10.2 Å². The van der Waals surface area contributed by atoms with E-state index < -0.39 is 12.5 Å². The lowest BCUT2D eigenvalue weighted by Crippen LogP contribution is -2.31. The standard InChI is InChI=1S/C20H22Cl2N2O.C2HF3O/c1-3-8-23-20(25)14-6-4-13(5-7-14)17-11-24(2)12-18-16(17)9-15(21)10-19(18)22;3-2(4,5)1-6/h4-7,9-10,17H,3,8,11-12H2,1-2H3,(H,23,25);1H. The highest BCUT2D eigenvalue weighted by Crippen LogP contribution is 2.38. The lowest BCUT2D eigenvalue weighted by Gasteiger charge is -2.33. The van der Waals surface area contributed by atoms with Crippen molar-refractivity contribution in [3.05, 3.63) is 68.7 Å². The van der Waals surface area contributed by atoms with Crippen LogP contribution in [0.2, 0.25) is 10.0 Å². The minimum Gasteiger partial charge on any atom is -0.352 e. The number of nitrogens with zero attached hydrogens (tertiary/aromatic N) is 1. The van der Waals surface area contributed by atoms with E-state index in [4.69, 9.17) is 28.0 Å². The molecule has 0 saturated heterocycles. The molecule has 31 heavy (non-hydrogen) atoms. The van der Waals surface area contributed by atoms with Crippen LogP contribution in [-0.4, -0.2) is 43.4 Å². The Balaban J connectivity index is 0.000000501. The first kappa shape index (κ1) is 25.2. The van der Waals surface area contributed by atoms with Gasteiger partial charge in [0, 0.05) is 41.2 Å². The average molecular weight is 475 g/mol. The average Bonchev–Trinajstić information content (AvgIpc) is 2.72. The van der Waals surface area contributed by atoms with Crippen molar-refractivity contribution in [2.24, 2.45) is 0 Å². The van der Waals surface area contributed by atoms with E-state index >= 15 is 0 Å². The molecule has 1 amide bonds. The highest BCUT2D eigenvalue weighted by Gasteiger charge is 2.27. The summed E-state index contributed by atoms with van der Waals surface area (Å²) in [6.07, 6.45) is -4.77. The van der Waals surface area contributed by atoms with Gasteiger partial charge in [0.1, 0.15) is 0 Å². The number of likely N-dealkylation sites (N-methyl/N-ethyl adjacent to an activating group) is 1. The normalized spacial score (nSPS) is 16.0. The van der Waals surface area contributed by atoms with Gasteiger partial charge >= 0.3 is 6.18 Å². The summed E-state index contributed by atoms with van der Waals surface area (Å²) in [5.74, 6) is 0.165. The molecule has 1 aliphatic rings. The van der Waals surface area contributed by atoms with Gasteiger partial charge in [0.25, 0.3) is 5.91 Å². The van der Waals surface area contributed by atoms with Crippen LogP contribution in [0.1, 0.15) is 46.3 Å². The van der Waals surface area contributed by atoms with Crippen LogP contribution in [-0.2, 0) is 11.3 Å². The molecule has 0 bridgehead atoms. The van der Waals surface area contributed by atoms with Gasteiger partial charge in [0.15, 0.2) is 0 Å². The van der Waals surface area contributed by atoms with Crippen molar-refractivity contribution in [3.8, 4) is 0 Å². The van der Waals surface area contributed by atoms with E-state index in [2.05, 4.69) is 17.3 Å². The molecule has 2 aromatic carbocycles. The number of alkyl halides is 3. The van der Waals surface area contributed by atoms with Crippen LogP contribution < -0.4 is 5.32 Å². The fraction of sp³-hybridized carbons (Fsp3) is 0.364. The van der Waals surface area contributed by atoms with Crippen LogP contribution in [0.15, 0.2) is 36.4 Å². The van der Waals surface area contributed by atoms with Crippen LogP contribution in [0.25, 0.3) is 0 Å². The van der Waals surface area contributed by atoms with Crippen molar-refractivity contribution < 1.29 is 22.8 Å². The summed E-state index contributed by atoms with van der Waals surface area (Å²) >= 11 is 12.7. The largest absolute Gasteiger partial charge is 0.446 e. The number of fused-ring (bicyclic) bond motifs is 1. The second-order valence-corrected chi connectivity index (χ2v) is 8.09. The molecule has 1 unspecified atom stereocenters. The second-order valence-electron chi connectivity index (χ2n) is 7.24. The Morgan fingerprint density at radius 3 is 2.39 bits per heavy atom. The van der Waals surface area contributed by atoms with Crippen molar-refractivity contribution >= 4 is 35.4 Å². The summed E-state index contributed by atoms with van der Waals surface area (Å²) in [5.41, 5.74) is 4.16. The lowest BCUT2D eigenvalue weighted by molar-refractivity contribution is -0.156. The molecule has 0 spiro atoms. The molecule has 0 saturated carbocycles. The quantitative estimate of drug-likeness (QED) is 0.598. The Labute approximate surface area is 189 Å². The van der Waals surface area contributed by atoms with E-state index in [0.717, 1.165) is 35.7 Å². The zero-order chi connectivity index (χ0) is 23.2. The summed E-state index contributed by atoms with van der Waals surface area (Å²) in [6.45, 7) is 4.44. The van der Waals surface area contributed by atoms with Gasteiger partial charge in [-0.15, -0.1) is 0 Å². The SMILES string of the molecule is CCCNC(=O)c1ccc(C2CN(C)Cc3c(Cl)cc(Cl)cc32)cc1.O=CC(F)(F)F. The topological polar surface area (TPSA) is 49.4 Å². The Morgan fingerprint density at radius 2 is 1.84 bits per heavy atom. The number of nitrogens with one attached hydrogen (secondary N) is 1. The predicted molar refractivity (Wildman–Crippen MR) is 116 cm³/mol. The molecule has 4 nitrogen and oxygen atoms in total. The molecular weight excluding hydrogens is 452 g/mol. The van der Waals surface area contributed by atoms with Gasteiger partial charge in [-0.3, -0.25) is 9.59 Å². The first-order valence-electron chi connectivity index (χ1n) is 9.63. The molecule has 0 aliphatic carbocycles. The summed E-state index contributed by atoms with van der Waals surface area (Å²) in [7, 11) is 2.09. The third-order valence-corrected chi connectivity index (χ3v) is 5.29. The summed E-state index contributed by atoms with van der Waals surface area (Å²) in [4.78, 5) is 23.0. The third kappa shape index (κ3) is 7.23. The van der Waals surface area contributed by atoms with Gasteiger partial charge in [0.2, 0.25) is 6.29 Å². The van der Waals surface area contributed by atoms with Crippen LogP contribution in [0, 0.1) is 0 Å². The Bertz CT molecular complexity index is 918. The van der Waals surface area contributed by atoms with Gasteiger partial charge in [-0.1, -0.05) is 42.3 Å². The van der Waals surface area contributed by atoms with Crippen molar-refractivity contribution in [1.29, 1.82) is 0 Å². The maximum Gasteiger partial charge on any atom is 0.446 e. The van der Waals surface area contributed by atoms with Crippen LogP contribution >= 0.6 is 23.2 Å². The van der Waals surface area contributed by atoms with E-state index in [9.17, 15) is 18.0 Å². The molecule has 0 fully saturated rings. The monoisotopic (exact) mass is 474 g/mol. The molecule has 1 N–H and O–H groups in total. The number of halogens is 5. The summed E-state index contributed by atoms with van der Waals surface area (Å²) in [6, 6.07) is 11.7. The van der Waals surface area contributed by atoms with Gasteiger partial charge in [0.05, 0.1) is 0 Å². The first-order valence-corrected chi connectivity index (χ1v) is 10.4. The number of carbonyl (C=O) groups excluding carboxylic acids is 2. The van der Waals surface area contributed by atoms with Crippen molar-refractivity contribution in [2.45, 2.75) is 32.0 Å². The summed E-state index contributed by atoms with van der Waals surface area (Å²) in [5, 5.41) is 4.28. The number of carbonyl (C=O) groups is 2. The van der Waals surface area contributed by atoms with Crippen LogP contribution in [0.3, 0.4) is 0 Å². The van der Waals surface area contributed by atoms with E-state index in [0.29, 0.717) is 17.1 Å². The van der Waals surface area contributed by atoms with Crippen molar-refractivity contribution in [2.75, 3.05) is 20.1 Å². The van der Waals surface area contributed by atoms with Gasteiger partial charge in [-0.25, -0.2) is 0 Å². The maximum atomic E-state index is 12.1. The molecular formula is C22H23Cl2F3N2O2. The highest BCUT2D eigenvalue weighted by atomic mass is 35.5. The molecule has 1 heterocycles.